The number of hydrogen-bond acceptors (Lipinski definition) is 12. The first-order valence-corrected chi connectivity index (χ1v) is 13.9. The van der Waals surface area contributed by atoms with Gasteiger partial charge in [-0.05, 0) is 31.5 Å². The summed E-state index contributed by atoms with van der Waals surface area (Å²) in [4.78, 5) is 53.5. The predicted molar refractivity (Wildman–Crippen MR) is 157 cm³/mol. The number of thiazole rings is 1. The summed E-state index contributed by atoms with van der Waals surface area (Å²) >= 11 is 0.923. The Bertz CT molecular complexity index is 1990. The summed E-state index contributed by atoms with van der Waals surface area (Å²) in [5.41, 5.74) is -0.0359. The largest absolute Gasteiger partial charge is 0.493 e. The van der Waals surface area contributed by atoms with Crippen molar-refractivity contribution in [3.8, 4) is 11.5 Å². The zero-order chi connectivity index (χ0) is 31.5. The Morgan fingerprint density at radius 1 is 1.11 bits per heavy atom. The lowest BCUT2D eigenvalue weighted by atomic mass is 9.94. The van der Waals surface area contributed by atoms with E-state index in [4.69, 9.17) is 18.6 Å². The minimum Gasteiger partial charge on any atom is -0.493 e. The lowest BCUT2D eigenvalue weighted by Crippen LogP contribution is -2.35. The summed E-state index contributed by atoms with van der Waals surface area (Å²) in [6, 6.07) is 13.1. The van der Waals surface area contributed by atoms with Crippen molar-refractivity contribution in [2.45, 2.75) is 26.5 Å². The molecule has 226 valence electrons. The maximum absolute atomic E-state index is 13.4. The number of carbonyl (C=O) groups is 1. The number of furan rings is 1. The smallest absolute Gasteiger partial charge is 0.433 e. The Morgan fingerprint density at radius 2 is 1.86 bits per heavy atom. The molecule has 15 heteroatoms. The number of nitrogens with zero attached hydrogens (tertiary/aromatic N) is 4. The van der Waals surface area contributed by atoms with Gasteiger partial charge in [-0.15, -0.1) is 0 Å². The Kier molecular flexibility index (Phi) is 8.39. The van der Waals surface area contributed by atoms with Crippen LogP contribution in [0.1, 0.15) is 36.8 Å². The fourth-order valence-electron chi connectivity index (χ4n) is 4.64. The SMILES string of the molecule is CCOC(=O)C1=C(C)n2c(s/c(=C/c3ccc([N+](=O)[O-])o3)c2=O)=N[C@H]1c1cc(OC)c(OCc2ccccc2)cc1[N+](=O)[O-]. The summed E-state index contributed by atoms with van der Waals surface area (Å²) in [6.07, 6.45) is 1.32. The van der Waals surface area contributed by atoms with Crippen LogP contribution in [0.4, 0.5) is 11.6 Å². The number of carbonyl (C=O) groups excluding carboxylic acids is 1. The number of esters is 1. The van der Waals surface area contributed by atoms with Gasteiger partial charge < -0.3 is 18.6 Å². The van der Waals surface area contributed by atoms with Gasteiger partial charge in [0.15, 0.2) is 16.3 Å². The van der Waals surface area contributed by atoms with Crippen molar-refractivity contribution < 1.29 is 33.3 Å². The van der Waals surface area contributed by atoms with Crippen molar-refractivity contribution in [2.24, 2.45) is 4.99 Å². The molecule has 0 aliphatic carbocycles. The van der Waals surface area contributed by atoms with E-state index in [1.54, 1.807) is 6.92 Å². The van der Waals surface area contributed by atoms with E-state index < -0.39 is 33.3 Å². The van der Waals surface area contributed by atoms with Crippen molar-refractivity contribution in [3.05, 3.63) is 117 Å². The van der Waals surface area contributed by atoms with E-state index in [0.29, 0.717) is 0 Å². The third-order valence-electron chi connectivity index (χ3n) is 6.65. The number of rotatable bonds is 10. The molecule has 0 radical (unpaired) electrons. The molecule has 2 aromatic heterocycles. The molecule has 5 rings (SSSR count). The molecule has 0 saturated carbocycles. The van der Waals surface area contributed by atoms with Crippen LogP contribution in [0, 0.1) is 20.2 Å². The fourth-order valence-corrected chi connectivity index (χ4v) is 5.66. The summed E-state index contributed by atoms with van der Waals surface area (Å²) in [5, 5.41) is 23.4. The van der Waals surface area contributed by atoms with E-state index in [9.17, 15) is 29.8 Å². The predicted octanol–water partition coefficient (Wildman–Crippen LogP) is 3.90. The first-order chi connectivity index (χ1) is 21.1. The van der Waals surface area contributed by atoms with Gasteiger partial charge in [0, 0.05) is 11.8 Å². The zero-order valence-corrected chi connectivity index (χ0v) is 24.4. The monoisotopic (exact) mass is 620 g/mol. The number of nitro benzene ring substituents is 1. The van der Waals surface area contributed by atoms with E-state index in [0.717, 1.165) is 23.0 Å². The van der Waals surface area contributed by atoms with Gasteiger partial charge in [0.1, 0.15) is 27.9 Å². The van der Waals surface area contributed by atoms with E-state index in [2.05, 4.69) is 4.99 Å². The average molecular weight is 621 g/mol. The molecule has 0 spiro atoms. The Balaban J connectivity index is 1.68. The maximum Gasteiger partial charge on any atom is 0.433 e. The number of allylic oxidation sites excluding steroid dienone is 1. The molecule has 44 heavy (non-hydrogen) atoms. The van der Waals surface area contributed by atoms with Crippen LogP contribution < -0.4 is 24.4 Å². The highest BCUT2D eigenvalue weighted by Crippen LogP contribution is 2.43. The van der Waals surface area contributed by atoms with Gasteiger partial charge in [-0.2, -0.15) is 0 Å². The van der Waals surface area contributed by atoms with E-state index >= 15 is 0 Å². The average Bonchev–Trinajstić information content (AvgIpc) is 3.60. The highest BCUT2D eigenvalue weighted by molar-refractivity contribution is 7.07. The van der Waals surface area contributed by atoms with Crippen LogP contribution in [0.2, 0.25) is 0 Å². The normalized spacial score (nSPS) is 14.5. The summed E-state index contributed by atoms with van der Waals surface area (Å²) in [5.74, 6) is -0.977. The van der Waals surface area contributed by atoms with Crippen molar-refractivity contribution in [1.82, 2.24) is 4.57 Å². The van der Waals surface area contributed by atoms with Crippen LogP contribution in [0.5, 0.6) is 11.5 Å². The van der Waals surface area contributed by atoms with Crippen molar-refractivity contribution in [1.29, 1.82) is 0 Å². The molecular formula is C29H24N4O10S. The Hall–Kier alpha value is -5.57. The zero-order valence-electron chi connectivity index (χ0n) is 23.5. The van der Waals surface area contributed by atoms with E-state index in [1.807, 2.05) is 30.3 Å². The second kappa shape index (κ2) is 12.3. The highest BCUT2D eigenvalue weighted by atomic mass is 32.1. The molecule has 4 aromatic rings. The van der Waals surface area contributed by atoms with E-state index in [-0.39, 0.29) is 62.3 Å². The van der Waals surface area contributed by atoms with Crippen LogP contribution in [0.25, 0.3) is 11.8 Å². The van der Waals surface area contributed by atoms with Crippen molar-refractivity contribution in [3.63, 3.8) is 0 Å². The molecule has 1 aliphatic heterocycles. The molecule has 0 saturated heterocycles. The molecule has 0 amide bonds. The molecule has 3 heterocycles. The third-order valence-corrected chi connectivity index (χ3v) is 7.63. The van der Waals surface area contributed by atoms with Gasteiger partial charge in [-0.3, -0.25) is 29.6 Å². The summed E-state index contributed by atoms with van der Waals surface area (Å²) in [6.45, 7) is 3.23. The van der Waals surface area contributed by atoms with Crippen LogP contribution in [-0.2, 0) is 16.1 Å². The molecule has 14 nitrogen and oxygen atoms in total. The molecule has 0 unspecified atom stereocenters. The van der Waals surface area contributed by atoms with Crippen LogP contribution in [0.3, 0.4) is 0 Å². The first kappa shape index (κ1) is 29.9. The summed E-state index contributed by atoms with van der Waals surface area (Å²) < 4.78 is 23.1. The maximum atomic E-state index is 13.4. The fraction of sp³-hybridized carbons (Fsp3) is 0.207. The minimum atomic E-state index is -1.25. The first-order valence-electron chi connectivity index (χ1n) is 13.1. The van der Waals surface area contributed by atoms with Gasteiger partial charge in [0.2, 0.25) is 0 Å². The standard InChI is InChI=1S/C29H24N4O10S/c1-4-41-28(35)25-16(2)31-27(34)23(12-18-10-11-24(43-18)33(38)39)44-29(31)30-26(25)19-13-21(40-3)22(14-20(19)32(36)37)42-15-17-8-6-5-7-9-17/h5-14,26H,4,15H2,1-3H3/b23-12+/t26-/m0/s1. The quantitative estimate of drug-likeness (QED) is 0.143. The number of fused-ring (bicyclic) bond motifs is 1. The van der Waals surface area contributed by atoms with Gasteiger partial charge in [0.05, 0.1) is 41.9 Å². The van der Waals surface area contributed by atoms with Gasteiger partial charge >= 0.3 is 11.9 Å². The highest BCUT2D eigenvalue weighted by Gasteiger charge is 2.36. The number of hydrogen-bond donors (Lipinski definition) is 0. The lowest BCUT2D eigenvalue weighted by molar-refractivity contribution is -0.402. The van der Waals surface area contributed by atoms with Crippen molar-refractivity contribution >= 4 is 40.7 Å². The van der Waals surface area contributed by atoms with E-state index in [1.165, 1.54) is 42.9 Å². The molecular weight excluding hydrogens is 596 g/mol. The van der Waals surface area contributed by atoms with Crippen LogP contribution in [0.15, 0.2) is 74.4 Å². The second-order valence-corrected chi connectivity index (χ2v) is 10.3. The molecule has 0 fully saturated rings. The van der Waals surface area contributed by atoms with Gasteiger partial charge in [0.25, 0.3) is 11.2 Å². The number of ether oxygens (including phenoxy) is 3. The number of aromatic nitrogens is 1. The molecule has 1 atom stereocenters. The topological polar surface area (TPSA) is 179 Å². The Morgan fingerprint density at radius 3 is 2.50 bits per heavy atom. The van der Waals surface area contributed by atoms with Crippen LogP contribution >= 0.6 is 11.3 Å². The molecule has 2 aromatic carbocycles. The summed E-state index contributed by atoms with van der Waals surface area (Å²) in [7, 11) is 1.38. The number of nitro groups is 2. The number of methoxy groups -OCH3 is 1. The second-order valence-electron chi connectivity index (χ2n) is 9.31. The molecule has 0 N–H and O–H groups in total. The number of benzene rings is 2. The van der Waals surface area contributed by atoms with Gasteiger partial charge in [-0.25, -0.2) is 9.79 Å². The molecule has 0 bridgehead atoms. The Labute approximate surface area is 252 Å². The van der Waals surface area contributed by atoms with Gasteiger partial charge in [-0.1, -0.05) is 41.7 Å². The lowest BCUT2D eigenvalue weighted by Gasteiger charge is -2.23. The third kappa shape index (κ3) is 5.72. The van der Waals surface area contributed by atoms with Crippen molar-refractivity contribution in [2.75, 3.05) is 13.7 Å². The minimum absolute atomic E-state index is 0.00169. The molecule has 1 aliphatic rings. The van der Waals surface area contributed by atoms with Crippen LogP contribution in [-0.4, -0.2) is 34.1 Å².